The number of rotatable bonds is 8. The molecule has 3 aromatic carbocycles. The van der Waals surface area contributed by atoms with Crippen LogP contribution in [0.15, 0.2) is 90.1 Å². The Morgan fingerprint density at radius 3 is 2.09 bits per heavy atom. The number of carbonyl (C=O) groups excluding carboxylic acids is 1. The molecule has 168 valence electrons. The Balaban J connectivity index is 1.64. The van der Waals surface area contributed by atoms with E-state index in [0.29, 0.717) is 11.7 Å². The van der Waals surface area contributed by atoms with Crippen molar-refractivity contribution in [2.45, 2.75) is 30.8 Å². The zero-order chi connectivity index (χ0) is 23.2. The molecular formula is C26H26N4O2S. The predicted octanol–water partition coefficient (Wildman–Crippen LogP) is 5.82. The zero-order valence-electron chi connectivity index (χ0n) is 18.9. The molecule has 1 atom stereocenters. The molecule has 6 nitrogen and oxygen atoms in total. The van der Waals surface area contributed by atoms with E-state index < -0.39 is 0 Å². The van der Waals surface area contributed by atoms with Gasteiger partial charge in [-0.3, -0.25) is 9.69 Å². The van der Waals surface area contributed by atoms with Crippen LogP contribution in [0, 0.1) is 0 Å². The summed E-state index contributed by atoms with van der Waals surface area (Å²) >= 11 is 1.41. The van der Waals surface area contributed by atoms with Gasteiger partial charge in [-0.2, -0.15) is 0 Å². The Labute approximate surface area is 198 Å². The maximum absolute atomic E-state index is 13.7. The second-order valence-corrected chi connectivity index (χ2v) is 8.66. The van der Waals surface area contributed by atoms with Crippen LogP contribution in [0.3, 0.4) is 0 Å². The molecule has 1 amide bonds. The number of thioether (sulfide) groups is 1. The summed E-state index contributed by atoms with van der Waals surface area (Å²) in [5.74, 6) is 1.43. The van der Waals surface area contributed by atoms with E-state index in [1.54, 1.807) is 12.0 Å². The van der Waals surface area contributed by atoms with Gasteiger partial charge in [-0.25, -0.2) is 0 Å². The number of nitrogens with zero attached hydrogens (tertiary/aromatic N) is 4. The Bertz CT molecular complexity index is 1170. The Morgan fingerprint density at radius 2 is 1.52 bits per heavy atom. The van der Waals surface area contributed by atoms with E-state index in [9.17, 15) is 4.79 Å². The molecule has 0 saturated heterocycles. The fourth-order valence-corrected chi connectivity index (χ4v) is 4.59. The van der Waals surface area contributed by atoms with Crippen LogP contribution in [0.1, 0.15) is 13.8 Å². The lowest BCUT2D eigenvalue weighted by Gasteiger charge is -2.25. The Morgan fingerprint density at radius 1 is 0.939 bits per heavy atom. The van der Waals surface area contributed by atoms with Gasteiger partial charge in [-0.1, -0.05) is 60.3 Å². The molecular weight excluding hydrogens is 432 g/mol. The third-order valence-corrected chi connectivity index (χ3v) is 6.33. The molecule has 0 radical (unpaired) electrons. The average molecular weight is 459 g/mol. The van der Waals surface area contributed by atoms with Crippen LogP contribution in [0.4, 0.5) is 11.4 Å². The van der Waals surface area contributed by atoms with Crippen LogP contribution in [0.2, 0.25) is 0 Å². The van der Waals surface area contributed by atoms with Crippen molar-refractivity contribution in [1.82, 2.24) is 14.8 Å². The first-order valence-corrected chi connectivity index (χ1v) is 11.7. The van der Waals surface area contributed by atoms with E-state index in [1.807, 2.05) is 103 Å². The molecule has 0 bridgehead atoms. The van der Waals surface area contributed by atoms with Crippen molar-refractivity contribution >= 4 is 29.0 Å². The molecule has 4 aromatic rings. The fraction of sp³-hybridized carbons (Fsp3) is 0.192. The van der Waals surface area contributed by atoms with Crippen molar-refractivity contribution in [3.63, 3.8) is 0 Å². The summed E-state index contributed by atoms with van der Waals surface area (Å²) in [6, 6.07) is 27.1. The third-order valence-electron chi connectivity index (χ3n) is 5.26. The number of ether oxygens (including phenoxy) is 1. The number of hydrogen-bond acceptors (Lipinski definition) is 5. The van der Waals surface area contributed by atoms with Crippen molar-refractivity contribution in [3.05, 3.63) is 84.9 Å². The van der Waals surface area contributed by atoms with Crippen LogP contribution in [0.25, 0.3) is 11.4 Å². The highest BCUT2D eigenvalue weighted by molar-refractivity contribution is 8.00. The number of anilines is 2. The zero-order valence-corrected chi connectivity index (χ0v) is 19.7. The lowest BCUT2D eigenvalue weighted by Crippen LogP contribution is -2.33. The minimum absolute atomic E-state index is 0.0260. The van der Waals surface area contributed by atoms with Gasteiger partial charge in [0.25, 0.3) is 0 Å². The molecule has 1 heterocycles. The highest BCUT2D eigenvalue weighted by atomic mass is 32.2. The van der Waals surface area contributed by atoms with Crippen LogP contribution in [0.5, 0.6) is 5.75 Å². The van der Waals surface area contributed by atoms with Gasteiger partial charge in [-0.05, 0) is 50.2 Å². The van der Waals surface area contributed by atoms with E-state index in [1.165, 1.54) is 11.8 Å². The van der Waals surface area contributed by atoms with Gasteiger partial charge in [0.15, 0.2) is 11.0 Å². The number of carbonyl (C=O) groups is 1. The Hall–Kier alpha value is -3.58. The summed E-state index contributed by atoms with van der Waals surface area (Å²) in [5, 5.41) is 9.15. The molecule has 0 spiro atoms. The molecule has 0 unspecified atom stereocenters. The maximum atomic E-state index is 13.7. The van der Waals surface area contributed by atoms with E-state index in [2.05, 4.69) is 10.2 Å². The fourth-order valence-electron chi connectivity index (χ4n) is 3.64. The van der Waals surface area contributed by atoms with Crippen LogP contribution >= 0.6 is 11.8 Å². The molecule has 7 heteroatoms. The van der Waals surface area contributed by atoms with Gasteiger partial charge in [0.2, 0.25) is 5.91 Å². The van der Waals surface area contributed by atoms with E-state index >= 15 is 0 Å². The number of hydrogen-bond donors (Lipinski definition) is 0. The first-order valence-electron chi connectivity index (χ1n) is 10.8. The van der Waals surface area contributed by atoms with Crippen LogP contribution in [-0.4, -0.2) is 33.0 Å². The van der Waals surface area contributed by atoms with Crippen molar-refractivity contribution in [2.24, 2.45) is 0 Å². The van der Waals surface area contributed by atoms with Gasteiger partial charge in [0.1, 0.15) is 5.75 Å². The monoisotopic (exact) mass is 458 g/mol. The number of para-hydroxylation sites is 3. The summed E-state index contributed by atoms with van der Waals surface area (Å²) in [5.41, 5.74) is 2.52. The second kappa shape index (κ2) is 10.4. The highest BCUT2D eigenvalue weighted by Crippen LogP contribution is 2.34. The summed E-state index contributed by atoms with van der Waals surface area (Å²) in [7, 11) is 1.64. The molecule has 4 rings (SSSR count). The Kier molecular flexibility index (Phi) is 7.10. The number of aromatic nitrogens is 3. The van der Waals surface area contributed by atoms with Crippen molar-refractivity contribution in [1.29, 1.82) is 0 Å². The summed E-state index contributed by atoms with van der Waals surface area (Å²) in [6.45, 7) is 4.62. The standard InChI is InChI=1S/C26H26N4O2S/c1-4-29-24(22-17-11-12-18-23(22)32-3)27-28-26(29)33-19(2)25(31)30(20-13-7-5-8-14-20)21-15-9-6-10-16-21/h5-19H,4H2,1-3H3/t19-/m0/s1. The van der Waals surface area contributed by atoms with Crippen LogP contribution in [-0.2, 0) is 11.3 Å². The van der Waals surface area contributed by atoms with Gasteiger partial charge in [-0.15, -0.1) is 10.2 Å². The largest absolute Gasteiger partial charge is 0.496 e. The van der Waals surface area contributed by atoms with Crippen LogP contribution < -0.4 is 9.64 Å². The molecule has 0 aliphatic heterocycles. The summed E-state index contributed by atoms with van der Waals surface area (Å²) in [6.07, 6.45) is 0. The third kappa shape index (κ3) is 4.78. The quantitative estimate of drug-likeness (QED) is 0.311. The van der Waals surface area contributed by atoms with Crippen molar-refractivity contribution in [3.8, 4) is 17.1 Å². The normalized spacial score (nSPS) is 11.7. The minimum atomic E-state index is -0.384. The molecule has 0 saturated carbocycles. The lowest BCUT2D eigenvalue weighted by molar-refractivity contribution is -0.117. The molecule has 0 aliphatic carbocycles. The molecule has 33 heavy (non-hydrogen) atoms. The molecule has 0 N–H and O–H groups in total. The smallest absolute Gasteiger partial charge is 0.244 e. The first kappa shape index (κ1) is 22.6. The predicted molar refractivity (Wildman–Crippen MR) is 133 cm³/mol. The topological polar surface area (TPSA) is 60.2 Å². The second-order valence-electron chi connectivity index (χ2n) is 7.36. The van der Waals surface area contributed by atoms with Crippen molar-refractivity contribution < 1.29 is 9.53 Å². The molecule has 1 aromatic heterocycles. The van der Waals surface area contributed by atoms with E-state index in [4.69, 9.17) is 4.74 Å². The van der Waals surface area contributed by atoms with Gasteiger partial charge in [0.05, 0.1) is 17.9 Å². The SMILES string of the molecule is CCn1c(S[C@@H](C)C(=O)N(c2ccccc2)c2ccccc2)nnc1-c1ccccc1OC. The molecule has 0 fully saturated rings. The minimum Gasteiger partial charge on any atom is -0.496 e. The first-order chi connectivity index (χ1) is 16.1. The number of benzene rings is 3. The van der Waals surface area contributed by atoms with Gasteiger partial charge < -0.3 is 9.30 Å². The van der Waals surface area contributed by atoms with E-state index in [-0.39, 0.29) is 11.2 Å². The summed E-state index contributed by atoms with van der Waals surface area (Å²) < 4.78 is 7.52. The van der Waals surface area contributed by atoms with Crippen molar-refractivity contribution in [2.75, 3.05) is 12.0 Å². The highest BCUT2D eigenvalue weighted by Gasteiger charge is 2.27. The lowest BCUT2D eigenvalue weighted by atomic mass is 10.2. The number of methoxy groups -OCH3 is 1. The number of amides is 1. The summed E-state index contributed by atoms with van der Waals surface area (Å²) in [4.78, 5) is 15.4. The maximum Gasteiger partial charge on any atom is 0.244 e. The van der Waals surface area contributed by atoms with E-state index in [0.717, 1.165) is 28.5 Å². The average Bonchev–Trinajstić information content (AvgIpc) is 3.27. The van der Waals surface area contributed by atoms with Gasteiger partial charge in [0, 0.05) is 17.9 Å². The molecule has 0 aliphatic rings. The van der Waals surface area contributed by atoms with Gasteiger partial charge >= 0.3 is 0 Å².